The molecule has 132 valence electrons. The Labute approximate surface area is 138 Å². The molecule has 8 nitrogen and oxygen atoms in total. The van der Waals surface area contributed by atoms with Crippen LogP contribution in [0.15, 0.2) is 24.4 Å². The second-order valence-electron chi connectivity index (χ2n) is 4.80. The Morgan fingerprint density at radius 3 is 2.56 bits per heavy atom. The van der Waals surface area contributed by atoms with Gasteiger partial charge in [-0.1, -0.05) is 0 Å². The molecule has 1 amide bonds. The second-order valence-corrected chi connectivity index (χ2v) is 4.80. The maximum absolute atomic E-state index is 13.4. The van der Waals surface area contributed by atoms with E-state index in [1.165, 1.54) is 7.05 Å². The highest BCUT2D eigenvalue weighted by atomic mass is 19.2. The van der Waals surface area contributed by atoms with Crippen LogP contribution in [0.5, 0.6) is 0 Å². The molecule has 1 aromatic carbocycles. The molecule has 0 radical (unpaired) electrons. The number of ether oxygens (including phenoxy) is 1. The van der Waals surface area contributed by atoms with Crippen molar-refractivity contribution in [3.05, 3.63) is 57.7 Å². The summed E-state index contributed by atoms with van der Waals surface area (Å²) in [6, 6.07) is 2.37. The Hall–Kier alpha value is -3.37. The van der Waals surface area contributed by atoms with Crippen LogP contribution in [0.3, 0.4) is 0 Å². The first-order chi connectivity index (χ1) is 11.7. The van der Waals surface area contributed by atoms with Gasteiger partial charge < -0.3 is 14.6 Å². The van der Waals surface area contributed by atoms with E-state index in [1.807, 2.05) is 5.32 Å². The van der Waals surface area contributed by atoms with Gasteiger partial charge in [-0.3, -0.25) is 14.9 Å². The fraction of sp³-hybridized carbons (Fsp3) is 0.143. The predicted molar refractivity (Wildman–Crippen MR) is 77.3 cm³/mol. The zero-order valence-corrected chi connectivity index (χ0v) is 12.6. The number of rotatable bonds is 5. The molecule has 0 fully saturated rings. The van der Waals surface area contributed by atoms with Crippen molar-refractivity contribution >= 4 is 23.3 Å². The van der Waals surface area contributed by atoms with E-state index in [0.717, 1.165) is 22.9 Å². The minimum Gasteiger partial charge on any atom is -0.451 e. The number of carbonyl (C=O) groups excluding carboxylic acids is 2. The van der Waals surface area contributed by atoms with Gasteiger partial charge in [0.25, 0.3) is 11.6 Å². The number of hydrogen-bond acceptors (Lipinski definition) is 5. The summed E-state index contributed by atoms with van der Waals surface area (Å²) in [7, 11) is 1.36. The van der Waals surface area contributed by atoms with Crippen LogP contribution in [0.25, 0.3) is 0 Å². The molecule has 0 saturated carbocycles. The number of carbonyl (C=O) groups is 2. The Bertz CT molecular complexity index is 866. The van der Waals surface area contributed by atoms with Crippen LogP contribution in [0.4, 0.5) is 24.5 Å². The standard InChI is InChI=1S/C14H10F3N3O5/c1-19-5-7(20(23)24)4-10(19)14(22)25-6-11(21)18-9-3-2-8(15)12(16)13(9)17/h2-5H,6H2,1H3,(H,18,21). The number of nitro groups is 1. The number of nitrogens with zero attached hydrogens (tertiary/aromatic N) is 2. The number of halogens is 3. The van der Waals surface area contributed by atoms with E-state index in [0.29, 0.717) is 6.07 Å². The summed E-state index contributed by atoms with van der Waals surface area (Å²) in [6.45, 7) is -0.865. The average Bonchev–Trinajstić information content (AvgIpc) is 2.95. The van der Waals surface area contributed by atoms with Crippen LogP contribution in [0.1, 0.15) is 10.5 Å². The molecule has 2 rings (SSSR count). The van der Waals surface area contributed by atoms with Crippen LogP contribution in [0.2, 0.25) is 0 Å². The average molecular weight is 357 g/mol. The molecule has 11 heteroatoms. The Morgan fingerprint density at radius 2 is 1.96 bits per heavy atom. The van der Waals surface area contributed by atoms with Crippen LogP contribution in [-0.2, 0) is 16.6 Å². The zero-order valence-electron chi connectivity index (χ0n) is 12.6. The molecule has 1 heterocycles. The topological polar surface area (TPSA) is 103 Å². The highest BCUT2D eigenvalue weighted by Crippen LogP contribution is 2.19. The van der Waals surface area contributed by atoms with Crippen molar-refractivity contribution in [3.63, 3.8) is 0 Å². The van der Waals surface area contributed by atoms with Gasteiger partial charge in [-0.25, -0.2) is 18.0 Å². The van der Waals surface area contributed by atoms with Gasteiger partial charge in [0.2, 0.25) is 0 Å². The third kappa shape index (κ3) is 3.94. The summed E-state index contributed by atoms with van der Waals surface area (Å²) in [5.41, 5.74) is -1.16. The second kappa shape index (κ2) is 7.03. The van der Waals surface area contributed by atoms with Crippen molar-refractivity contribution in [1.82, 2.24) is 4.57 Å². The number of aromatic nitrogens is 1. The van der Waals surface area contributed by atoms with Gasteiger partial charge in [0, 0.05) is 13.1 Å². The highest BCUT2D eigenvalue weighted by molar-refractivity contribution is 5.95. The minimum absolute atomic E-state index is 0.182. The van der Waals surface area contributed by atoms with Crippen LogP contribution < -0.4 is 5.32 Å². The highest BCUT2D eigenvalue weighted by Gasteiger charge is 2.20. The molecule has 0 unspecified atom stereocenters. The molecule has 25 heavy (non-hydrogen) atoms. The molecule has 0 saturated heterocycles. The molecule has 1 aromatic heterocycles. The third-order valence-electron chi connectivity index (χ3n) is 3.05. The summed E-state index contributed by atoms with van der Waals surface area (Å²) in [6.07, 6.45) is 1.08. The van der Waals surface area contributed by atoms with Crippen LogP contribution in [-0.4, -0.2) is 28.0 Å². The van der Waals surface area contributed by atoms with Crippen LogP contribution >= 0.6 is 0 Å². The molecule has 0 bridgehead atoms. The Balaban J connectivity index is 1.99. The van der Waals surface area contributed by atoms with E-state index in [2.05, 4.69) is 4.74 Å². The maximum Gasteiger partial charge on any atom is 0.355 e. The summed E-state index contributed by atoms with van der Waals surface area (Å²) in [4.78, 5) is 33.3. The van der Waals surface area contributed by atoms with Gasteiger partial charge in [-0.15, -0.1) is 0 Å². The van der Waals surface area contributed by atoms with Crippen LogP contribution in [0, 0.1) is 27.6 Å². The largest absolute Gasteiger partial charge is 0.451 e. The Morgan fingerprint density at radius 1 is 1.28 bits per heavy atom. The van der Waals surface area contributed by atoms with Gasteiger partial charge in [0.05, 0.1) is 16.8 Å². The first-order valence-corrected chi connectivity index (χ1v) is 6.62. The number of hydrogen-bond donors (Lipinski definition) is 1. The molecule has 0 aliphatic heterocycles. The number of nitrogens with one attached hydrogen (secondary N) is 1. The zero-order chi connectivity index (χ0) is 18.7. The summed E-state index contributed by atoms with van der Waals surface area (Å²) >= 11 is 0. The lowest BCUT2D eigenvalue weighted by atomic mass is 10.3. The van der Waals surface area contributed by atoms with Gasteiger partial charge in [0.15, 0.2) is 24.1 Å². The first-order valence-electron chi connectivity index (χ1n) is 6.62. The predicted octanol–water partition coefficient (Wildman–Crippen LogP) is 2.15. The van der Waals surface area contributed by atoms with E-state index in [1.54, 1.807) is 0 Å². The number of benzene rings is 1. The molecule has 0 atom stereocenters. The van der Waals surface area contributed by atoms with Crippen molar-refractivity contribution in [2.45, 2.75) is 0 Å². The number of esters is 1. The molecule has 0 aliphatic carbocycles. The van der Waals surface area contributed by atoms with E-state index in [9.17, 15) is 32.9 Å². The fourth-order valence-corrected chi connectivity index (χ4v) is 1.86. The lowest BCUT2D eigenvalue weighted by molar-refractivity contribution is -0.384. The lowest BCUT2D eigenvalue weighted by Gasteiger charge is -2.08. The van der Waals surface area contributed by atoms with E-state index in [4.69, 9.17) is 0 Å². The molecular weight excluding hydrogens is 347 g/mol. The molecule has 0 aliphatic rings. The normalized spacial score (nSPS) is 10.4. The van der Waals surface area contributed by atoms with Gasteiger partial charge in [-0.2, -0.15) is 0 Å². The number of aryl methyl sites for hydroxylation is 1. The third-order valence-corrected chi connectivity index (χ3v) is 3.05. The SMILES string of the molecule is Cn1cc([N+](=O)[O-])cc1C(=O)OCC(=O)Nc1ccc(F)c(F)c1F. The van der Waals surface area contributed by atoms with E-state index >= 15 is 0 Å². The van der Waals surface area contributed by atoms with Gasteiger partial charge in [0.1, 0.15) is 5.69 Å². The summed E-state index contributed by atoms with van der Waals surface area (Å²) < 4.78 is 45.0. The smallest absolute Gasteiger partial charge is 0.355 e. The fourth-order valence-electron chi connectivity index (χ4n) is 1.86. The Kier molecular flexibility index (Phi) is 5.05. The number of anilines is 1. The van der Waals surface area contributed by atoms with Crippen molar-refractivity contribution in [2.24, 2.45) is 7.05 Å². The van der Waals surface area contributed by atoms with Gasteiger partial charge in [-0.05, 0) is 12.1 Å². The summed E-state index contributed by atoms with van der Waals surface area (Å²) in [5.74, 6) is -6.82. The van der Waals surface area contributed by atoms with Crippen molar-refractivity contribution < 1.29 is 32.4 Å². The molecule has 0 spiro atoms. The van der Waals surface area contributed by atoms with Crippen molar-refractivity contribution in [3.8, 4) is 0 Å². The molecule has 1 N–H and O–H groups in total. The lowest BCUT2D eigenvalue weighted by Crippen LogP contribution is -2.22. The van der Waals surface area contributed by atoms with E-state index in [-0.39, 0.29) is 11.4 Å². The quantitative estimate of drug-likeness (QED) is 0.382. The van der Waals surface area contributed by atoms with Gasteiger partial charge >= 0.3 is 5.97 Å². The number of amides is 1. The summed E-state index contributed by atoms with van der Waals surface area (Å²) in [5, 5.41) is 12.5. The monoisotopic (exact) mass is 357 g/mol. The molecule has 2 aromatic rings. The first kappa shape index (κ1) is 18.0. The van der Waals surface area contributed by atoms with Crippen molar-refractivity contribution in [1.29, 1.82) is 0 Å². The van der Waals surface area contributed by atoms with Crippen molar-refractivity contribution in [2.75, 3.05) is 11.9 Å². The van der Waals surface area contributed by atoms with E-state index < -0.39 is 46.5 Å². The minimum atomic E-state index is -1.76. The maximum atomic E-state index is 13.4. The molecular formula is C14H10F3N3O5.